The van der Waals surface area contributed by atoms with Crippen molar-refractivity contribution in [3.8, 4) is 61.8 Å². The van der Waals surface area contributed by atoms with Gasteiger partial charge >= 0.3 is 0 Å². The van der Waals surface area contributed by atoms with Crippen molar-refractivity contribution in [1.29, 1.82) is 0 Å². The third-order valence-corrected chi connectivity index (χ3v) is 27.3. The highest BCUT2D eigenvalue weighted by molar-refractivity contribution is 5.87. The summed E-state index contributed by atoms with van der Waals surface area (Å²) in [7, 11) is 10.6. The van der Waals surface area contributed by atoms with Crippen LogP contribution in [0.1, 0.15) is 206 Å². The molecule has 10 heterocycles. The molecule has 682 valence electrons. The molecule has 5 aliphatic heterocycles. The maximum absolute atomic E-state index is 2.43. The van der Waals surface area contributed by atoms with Crippen molar-refractivity contribution in [2.45, 2.75) is 220 Å². The topological polar surface area (TPSA) is 57.1 Å². The summed E-state index contributed by atoms with van der Waals surface area (Å²) in [5, 5.41) is 0. The highest BCUT2D eigenvalue weighted by Crippen LogP contribution is 2.46. The molecular formula is C116H143N15. The molecule has 131 heavy (non-hydrogen) atoms. The number of hydrogen-bond acceptors (Lipinski definition) is 10. The SMILES string of the molecule is Cc1cc(C)c(-n2ccc(C)c2N2C=CN(C)[C@@H]2C)c(C)c1.Cc1ccn(-c2c(-c3ccccc3)cccc2-c2ccccc2)c1N1C=CN(C)[C@@H]1C.Cc1ccn(-c2c(C(C)C)cc(-c3ccccc3)cc2C(C)C)c1N1C=CN(C)[C@@H]1C.Cc1ccn(-c2c(C(C)C)cccc2C(C)C)c1N1C=CN(C)[C@@H]1C.Cc1ccn(-c2ccccc2C(C)C)c1N1C=CN(C)[C@@H]1C. The minimum Gasteiger partial charge on any atom is -0.359 e. The van der Waals surface area contributed by atoms with Crippen LogP contribution in [-0.4, -0.2) is 113 Å². The molecule has 0 spiro atoms. The molecule has 0 N–H and O–H groups in total. The molecule has 15 nitrogen and oxygen atoms in total. The second-order valence-corrected chi connectivity index (χ2v) is 38.1. The first-order valence-electron chi connectivity index (χ1n) is 47.3. The van der Waals surface area contributed by atoms with Crippen LogP contribution in [0.3, 0.4) is 0 Å². The van der Waals surface area contributed by atoms with Crippen LogP contribution in [0, 0.1) is 55.4 Å². The zero-order valence-corrected chi connectivity index (χ0v) is 83.3. The summed E-state index contributed by atoms with van der Waals surface area (Å²) in [4.78, 5) is 23.0. The van der Waals surface area contributed by atoms with E-state index in [-0.39, 0.29) is 6.17 Å². The van der Waals surface area contributed by atoms with E-state index in [1.807, 2.05) is 0 Å². The molecule has 0 unspecified atom stereocenters. The number of aromatic nitrogens is 5. The van der Waals surface area contributed by atoms with Crippen molar-refractivity contribution in [3.05, 3.63) is 372 Å². The van der Waals surface area contributed by atoms with Gasteiger partial charge in [-0.2, -0.15) is 0 Å². The molecule has 0 saturated carbocycles. The minimum atomic E-state index is 0.261. The van der Waals surface area contributed by atoms with E-state index in [0.717, 1.165) is 0 Å². The van der Waals surface area contributed by atoms with Gasteiger partial charge in [0.2, 0.25) is 0 Å². The van der Waals surface area contributed by atoms with Gasteiger partial charge in [-0.3, -0.25) is 0 Å². The van der Waals surface area contributed by atoms with Crippen LogP contribution in [0.4, 0.5) is 29.1 Å². The van der Waals surface area contributed by atoms with Gasteiger partial charge in [-0.15, -0.1) is 0 Å². The van der Waals surface area contributed by atoms with Gasteiger partial charge in [-0.1, -0.05) is 233 Å². The van der Waals surface area contributed by atoms with E-state index in [2.05, 4.69) is 566 Å². The van der Waals surface area contributed by atoms with E-state index < -0.39 is 0 Å². The lowest BCUT2D eigenvalue weighted by atomic mass is 9.88. The molecule has 5 atom stereocenters. The smallest absolute Gasteiger partial charge is 0.121 e. The molecule has 5 aliphatic rings. The number of aryl methyl sites for hydroxylation is 8. The van der Waals surface area contributed by atoms with Crippen LogP contribution >= 0.6 is 0 Å². The second kappa shape index (κ2) is 40.1. The Morgan fingerprint density at radius 1 is 0.214 bits per heavy atom. The lowest BCUT2D eigenvalue weighted by Gasteiger charge is -2.31. The van der Waals surface area contributed by atoms with E-state index in [4.69, 9.17) is 0 Å². The molecule has 15 heteroatoms. The second-order valence-electron chi connectivity index (χ2n) is 38.1. The predicted octanol–water partition coefficient (Wildman–Crippen LogP) is 28.3. The first-order chi connectivity index (χ1) is 62.7. The molecular weight excluding hydrogens is 1600 g/mol. The van der Waals surface area contributed by atoms with E-state index in [0.29, 0.717) is 54.3 Å². The standard InChI is InChI=1S/C28H27N3.C28H35N3.C22H31N3.2C19H25N3/c1-21-17-18-31(28(21)30-20-19-29(3)22(30)2)27-25(23-11-6-4-7-12-23)15-10-16-26(27)24-13-8-5-9-14-24;1-19(2)25-17-24(23-11-9-8-10-12-23)18-26(20(3)4)27(25)31-14-13-21(5)28(31)30-16-15-29(7)22(30)6;1-15(2)19-9-8-10-20(16(3)4)21(19)25-12-11-17(5)22(25)24-14-13-23(7)18(24)6;1-13-11-15(3)18(16(4)12-13)22-8-7-14(2)19(22)21-10-9-20(6)17(21)5;1-14(2)17-8-6-7-9-18(17)22-11-10-15(3)19(22)21-13-12-20(5)16(21)4/h4-20,22H,1-3H3;8-20,22H,1-7H3;8-16,18H,1-7H3;7-12,17H,1-6H3;6-14,16H,1-5H3/t2*22-;18-;17-;16-/m00000/s1. The molecule has 0 radical (unpaired) electrons. The highest BCUT2D eigenvalue weighted by atomic mass is 15.4. The predicted molar refractivity (Wildman–Crippen MR) is 558 cm³/mol. The Morgan fingerprint density at radius 3 is 0.786 bits per heavy atom. The van der Waals surface area contributed by atoms with Gasteiger partial charge in [-0.05, 0) is 257 Å². The first-order valence-corrected chi connectivity index (χ1v) is 47.3. The molecule has 0 amide bonds. The summed E-state index contributed by atoms with van der Waals surface area (Å²) in [6, 6.07) is 74.6. The van der Waals surface area contributed by atoms with E-state index >= 15 is 0 Å². The molecule has 13 aromatic rings. The lowest BCUT2D eigenvalue weighted by Crippen LogP contribution is -2.35. The van der Waals surface area contributed by atoms with Gasteiger partial charge in [0.15, 0.2) is 0 Å². The summed E-state index contributed by atoms with van der Waals surface area (Å²) in [6.45, 7) is 51.6. The normalized spacial score (nSPS) is 16.8. The van der Waals surface area contributed by atoms with Gasteiger partial charge in [0, 0.05) is 139 Å². The van der Waals surface area contributed by atoms with Crippen LogP contribution < -0.4 is 24.5 Å². The van der Waals surface area contributed by atoms with E-state index in [1.54, 1.807) is 0 Å². The Kier molecular flexibility index (Phi) is 28.7. The van der Waals surface area contributed by atoms with Gasteiger partial charge in [-0.25, -0.2) is 0 Å². The van der Waals surface area contributed by atoms with Crippen LogP contribution in [0.25, 0.3) is 61.8 Å². The van der Waals surface area contributed by atoms with Gasteiger partial charge in [0.25, 0.3) is 0 Å². The van der Waals surface area contributed by atoms with Crippen molar-refractivity contribution in [1.82, 2.24) is 47.3 Å². The first kappa shape index (κ1) is 94.0. The van der Waals surface area contributed by atoms with Crippen molar-refractivity contribution < 1.29 is 0 Å². The number of anilines is 5. The van der Waals surface area contributed by atoms with Crippen molar-refractivity contribution >= 4 is 29.1 Å². The van der Waals surface area contributed by atoms with Crippen LogP contribution in [0.15, 0.2) is 299 Å². The molecule has 5 aromatic heterocycles. The molecule has 0 aliphatic carbocycles. The number of rotatable bonds is 18. The zero-order valence-electron chi connectivity index (χ0n) is 83.3. The summed E-state index contributed by atoms with van der Waals surface area (Å²) in [6.07, 6.45) is 34.2. The Labute approximate surface area is 784 Å². The zero-order chi connectivity index (χ0) is 93.8. The van der Waals surface area contributed by atoms with Crippen LogP contribution in [-0.2, 0) is 0 Å². The fourth-order valence-electron chi connectivity index (χ4n) is 19.2. The third-order valence-electron chi connectivity index (χ3n) is 27.3. The minimum absolute atomic E-state index is 0.261. The number of hydrogen-bond donors (Lipinski definition) is 0. The lowest BCUT2D eigenvalue weighted by molar-refractivity contribution is 0.381. The Hall–Kier alpha value is -13.1. The largest absolute Gasteiger partial charge is 0.359 e. The number of nitrogens with zero attached hydrogens (tertiary/aromatic N) is 15. The average molecular weight is 1750 g/mol. The van der Waals surface area contributed by atoms with Gasteiger partial charge < -0.3 is 71.8 Å². The Morgan fingerprint density at radius 2 is 0.473 bits per heavy atom. The summed E-state index contributed by atoms with van der Waals surface area (Å²) in [5.74, 6) is 8.53. The van der Waals surface area contributed by atoms with E-state index in [1.165, 1.54) is 163 Å². The van der Waals surface area contributed by atoms with Gasteiger partial charge in [0.05, 0.1) is 28.4 Å². The molecule has 18 rings (SSSR count). The average Bonchev–Trinajstić information content (AvgIpc) is 1.74. The summed E-state index contributed by atoms with van der Waals surface area (Å²) in [5.41, 5.74) is 31.3. The fraction of sp³-hybridized carbons (Fsp3) is 0.328. The van der Waals surface area contributed by atoms with E-state index in [9.17, 15) is 0 Å². The number of para-hydroxylation sites is 3. The third kappa shape index (κ3) is 19.1. The maximum Gasteiger partial charge on any atom is 0.121 e. The fourth-order valence-corrected chi connectivity index (χ4v) is 19.2. The molecule has 0 bridgehead atoms. The molecule has 0 saturated heterocycles. The van der Waals surface area contributed by atoms with Gasteiger partial charge in [0.1, 0.15) is 59.9 Å². The van der Waals surface area contributed by atoms with Crippen LogP contribution in [0.5, 0.6) is 0 Å². The Balaban J connectivity index is 0.000000133. The molecule has 8 aromatic carbocycles. The van der Waals surface area contributed by atoms with Crippen LogP contribution in [0.2, 0.25) is 0 Å². The monoisotopic (exact) mass is 1750 g/mol. The summed E-state index contributed by atoms with van der Waals surface area (Å²) < 4.78 is 11.8. The van der Waals surface area contributed by atoms with Crippen molar-refractivity contribution in [2.24, 2.45) is 0 Å². The van der Waals surface area contributed by atoms with Crippen molar-refractivity contribution in [2.75, 3.05) is 59.7 Å². The van der Waals surface area contributed by atoms with Crippen molar-refractivity contribution in [3.63, 3.8) is 0 Å². The quantitative estimate of drug-likeness (QED) is 0.0830. The molecule has 0 fully saturated rings. The Bertz CT molecular complexity index is 6130. The highest BCUT2D eigenvalue weighted by Gasteiger charge is 2.34. The summed E-state index contributed by atoms with van der Waals surface area (Å²) >= 11 is 0. The number of benzene rings is 8. The maximum atomic E-state index is 2.43.